The molecule has 0 radical (unpaired) electrons. The summed E-state index contributed by atoms with van der Waals surface area (Å²) in [5, 5.41) is 12.8. The van der Waals surface area contributed by atoms with Gasteiger partial charge in [-0.2, -0.15) is 0 Å². The first-order valence-electron chi connectivity index (χ1n) is 10.0. The lowest BCUT2D eigenvalue weighted by molar-refractivity contribution is 0.0692. The number of anilines is 1. The van der Waals surface area contributed by atoms with Gasteiger partial charge in [0.25, 0.3) is 10.0 Å². The summed E-state index contributed by atoms with van der Waals surface area (Å²) >= 11 is 0. The minimum atomic E-state index is -4.20. The van der Waals surface area contributed by atoms with Crippen LogP contribution < -0.4 is 14.8 Å². The number of fused-ring (bicyclic) bond motifs is 3. The average molecular weight is 447 g/mol. The first kappa shape index (κ1) is 21.3. The molecule has 1 saturated carbocycles. The summed E-state index contributed by atoms with van der Waals surface area (Å²) in [6.45, 7) is 3.59. The molecule has 2 aromatic rings. The van der Waals surface area contributed by atoms with E-state index in [0.717, 1.165) is 36.7 Å². The summed E-state index contributed by atoms with van der Waals surface area (Å²) < 4.78 is 48.0. The molecule has 0 amide bonds. The zero-order valence-corrected chi connectivity index (χ0v) is 17.7. The van der Waals surface area contributed by atoms with Crippen molar-refractivity contribution >= 4 is 27.8 Å². The van der Waals surface area contributed by atoms with E-state index in [1.165, 1.54) is 12.1 Å². The number of likely N-dealkylation sites (N-methyl/N-ethyl adjacent to an activating group) is 1. The molecular formula is C22H23FN2O5S. The largest absolute Gasteiger partial charge is 0.492 e. The van der Waals surface area contributed by atoms with Crippen molar-refractivity contribution in [2.45, 2.75) is 24.2 Å². The second-order valence-corrected chi connectivity index (χ2v) is 9.27. The number of hydrogen-bond donors (Lipinski definition) is 3. The maximum Gasteiger partial charge on any atom is 0.341 e. The van der Waals surface area contributed by atoms with Crippen molar-refractivity contribution in [3.63, 3.8) is 0 Å². The second-order valence-electron chi connectivity index (χ2n) is 7.62. The molecule has 1 heterocycles. The Bertz CT molecular complexity index is 1160. The number of sulfonamides is 1. The molecule has 0 saturated heterocycles. The summed E-state index contributed by atoms with van der Waals surface area (Å²) in [4.78, 5) is 11.8. The van der Waals surface area contributed by atoms with Gasteiger partial charge in [0.2, 0.25) is 0 Å². The predicted molar refractivity (Wildman–Crippen MR) is 115 cm³/mol. The molecule has 3 N–H and O–H groups in total. The van der Waals surface area contributed by atoms with E-state index >= 15 is 0 Å². The Morgan fingerprint density at radius 3 is 2.87 bits per heavy atom. The summed E-state index contributed by atoms with van der Waals surface area (Å²) in [6, 6.07) is 6.50. The van der Waals surface area contributed by atoms with E-state index in [2.05, 4.69) is 10.0 Å². The normalized spacial score (nSPS) is 19.4. The van der Waals surface area contributed by atoms with Crippen LogP contribution in [0.1, 0.15) is 40.7 Å². The highest BCUT2D eigenvalue weighted by Crippen LogP contribution is 2.55. The average Bonchev–Trinajstić information content (AvgIpc) is 3.50. The van der Waals surface area contributed by atoms with Gasteiger partial charge < -0.3 is 15.2 Å². The van der Waals surface area contributed by atoms with Crippen LogP contribution in [-0.2, 0) is 10.0 Å². The highest BCUT2D eigenvalue weighted by atomic mass is 32.2. The third-order valence-electron chi connectivity index (χ3n) is 5.48. The van der Waals surface area contributed by atoms with Crippen LogP contribution in [0.4, 0.5) is 10.1 Å². The minimum absolute atomic E-state index is 0.0859. The van der Waals surface area contributed by atoms with Gasteiger partial charge in [-0.05, 0) is 54.3 Å². The molecule has 2 atom stereocenters. The Morgan fingerprint density at radius 2 is 2.13 bits per heavy atom. The summed E-state index contributed by atoms with van der Waals surface area (Å²) in [7, 11) is -4.20. The van der Waals surface area contributed by atoms with E-state index in [4.69, 9.17) is 4.74 Å². The van der Waals surface area contributed by atoms with Crippen LogP contribution in [0, 0.1) is 11.7 Å². The van der Waals surface area contributed by atoms with Crippen molar-refractivity contribution in [1.29, 1.82) is 0 Å². The van der Waals surface area contributed by atoms with Gasteiger partial charge in [0.05, 0.1) is 17.2 Å². The molecule has 9 heteroatoms. The Kier molecular flexibility index (Phi) is 5.72. The van der Waals surface area contributed by atoms with E-state index in [1.54, 1.807) is 12.1 Å². The predicted octanol–water partition coefficient (Wildman–Crippen LogP) is 3.44. The van der Waals surface area contributed by atoms with Crippen molar-refractivity contribution in [2.24, 2.45) is 5.92 Å². The van der Waals surface area contributed by atoms with E-state index in [9.17, 15) is 22.7 Å². The number of benzene rings is 2. The molecule has 4 rings (SSSR count). The summed E-state index contributed by atoms with van der Waals surface area (Å²) in [5.41, 5.74) is 0.665. The van der Waals surface area contributed by atoms with Gasteiger partial charge in [-0.3, -0.25) is 4.72 Å². The standard InChI is InChI=1S/C22H23FN2O5S/c1-2-24-9-3-4-13-10-15(23)5-8-19(13)31(28,29)25-18-7-6-16-17-11-14(17)12-30-21(16)20(18)22(26)27/h3-8,10,14,17,24-25H,2,9,11-12H2,1H3,(H,26,27). The number of carbonyl (C=O) groups is 1. The molecule has 0 bridgehead atoms. The fourth-order valence-electron chi connectivity index (χ4n) is 3.85. The SMILES string of the molecule is CCNCC=Cc1cc(F)ccc1S(=O)(=O)Nc1ccc2c(c1C(=O)O)OCC1CC21. The molecule has 0 aromatic heterocycles. The Hall–Kier alpha value is -2.91. The highest BCUT2D eigenvalue weighted by Gasteiger charge is 2.45. The van der Waals surface area contributed by atoms with Crippen LogP contribution in [0.25, 0.3) is 6.08 Å². The van der Waals surface area contributed by atoms with Gasteiger partial charge in [0, 0.05) is 12.5 Å². The van der Waals surface area contributed by atoms with E-state index in [0.29, 0.717) is 19.1 Å². The van der Waals surface area contributed by atoms with Crippen LogP contribution >= 0.6 is 0 Å². The van der Waals surface area contributed by atoms with Gasteiger partial charge in [-0.1, -0.05) is 25.1 Å². The second kappa shape index (κ2) is 8.32. The Labute approximate surface area is 180 Å². The number of aromatic carboxylic acids is 1. The van der Waals surface area contributed by atoms with Gasteiger partial charge in [0.15, 0.2) is 0 Å². The lowest BCUT2D eigenvalue weighted by Gasteiger charge is -2.21. The number of ether oxygens (including phenoxy) is 1. The smallest absolute Gasteiger partial charge is 0.341 e. The molecular weight excluding hydrogens is 423 g/mol. The van der Waals surface area contributed by atoms with Gasteiger partial charge >= 0.3 is 5.97 Å². The Morgan fingerprint density at radius 1 is 1.32 bits per heavy atom. The summed E-state index contributed by atoms with van der Waals surface area (Å²) in [6.07, 6.45) is 4.15. The van der Waals surface area contributed by atoms with Crippen molar-refractivity contribution in [3.8, 4) is 5.75 Å². The third-order valence-corrected chi connectivity index (χ3v) is 6.92. The number of rotatable bonds is 8. The number of halogens is 1. The van der Waals surface area contributed by atoms with Crippen molar-refractivity contribution in [2.75, 3.05) is 24.4 Å². The number of nitrogens with one attached hydrogen (secondary N) is 2. The van der Waals surface area contributed by atoms with Crippen LogP contribution in [0.3, 0.4) is 0 Å². The maximum absolute atomic E-state index is 13.8. The molecule has 2 aromatic carbocycles. The van der Waals surface area contributed by atoms with Crippen LogP contribution in [0.15, 0.2) is 41.3 Å². The van der Waals surface area contributed by atoms with E-state index < -0.39 is 21.8 Å². The molecule has 31 heavy (non-hydrogen) atoms. The molecule has 1 aliphatic heterocycles. The van der Waals surface area contributed by atoms with E-state index in [1.807, 2.05) is 6.92 Å². The first-order valence-corrected chi connectivity index (χ1v) is 11.5. The lowest BCUT2D eigenvalue weighted by Crippen LogP contribution is -2.19. The fraction of sp³-hybridized carbons (Fsp3) is 0.318. The van der Waals surface area contributed by atoms with Gasteiger partial charge in [-0.15, -0.1) is 0 Å². The highest BCUT2D eigenvalue weighted by molar-refractivity contribution is 7.92. The van der Waals surface area contributed by atoms with Crippen molar-refractivity contribution in [1.82, 2.24) is 5.32 Å². The molecule has 2 unspecified atom stereocenters. The van der Waals surface area contributed by atoms with E-state index in [-0.39, 0.29) is 33.4 Å². The molecule has 7 nitrogen and oxygen atoms in total. The first-order chi connectivity index (χ1) is 14.8. The van der Waals surface area contributed by atoms with Crippen LogP contribution in [0.5, 0.6) is 5.75 Å². The fourth-order valence-corrected chi connectivity index (χ4v) is 5.11. The Balaban J connectivity index is 1.70. The molecule has 1 aliphatic carbocycles. The molecule has 2 aliphatic rings. The minimum Gasteiger partial charge on any atom is -0.492 e. The van der Waals surface area contributed by atoms with Crippen LogP contribution in [-0.4, -0.2) is 39.2 Å². The molecule has 1 fully saturated rings. The zero-order valence-electron chi connectivity index (χ0n) is 16.9. The quantitative estimate of drug-likeness (QED) is 0.537. The lowest BCUT2D eigenvalue weighted by atomic mass is 10.0. The maximum atomic E-state index is 13.8. The topological polar surface area (TPSA) is 105 Å². The summed E-state index contributed by atoms with van der Waals surface area (Å²) in [5.74, 6) is -0.977. The monoisotopic (exact) mass is 446 g/mol. The van der Waals surface area contributed by atoms with Crippen LogP contribution in [0.2, 0.25) is 0 Å². The molecule has 0 spiro atoms. The number of hydrogen-bond acceptors (Lipinski definition) is 5. The zero-order chi connectivity index (χ0) is 22.2. The molecule has 164 valence electrons. The van der Waals surface area contributed by atoms with Gasteiger partial charge in [0.1, 0.15) is 17.1 Å². The number of carboxylic acids is 1. The number of carboxylic acid groups (broad SMARTS) is 1. The van der Waals surface area contributed by atoms with Gasteiger partial charge in [-0.25, -0.2) is 17.6 Å². The third kappa shape index (κ3) is 4.28. The van der Waals surface area contributed by atoms with Crippen molar-refractivity contribution < 1.29 is 27.4 Å². The van der Waals surface area contributed by atoms with Crippen molar-refractivity contribution in [3.05, 3.63) is 58.9 Å².